The van der Waals surface area contributed by atoms with E-state index in [1.54, 1.807) is 0 Å². The molecular weight excluding hydrogens is 385 g/mol. The SMILES string of the molecule is CCC(C)n1cc(C(=O)c2cccc(I)c2)c2ccccc21. The fourth-order valence-corrected chi connectivity index (χ4v) is 3.28. The third kappa shape index (κ3) is 2.70. The highest BCUT2D eigenvalue weighted by molar-refractivity contribution is 14.1. The molecule has 22 heavy (non-hydrogen) atoms. The molecule has 2 aromatic carbocycles. The Hall–Kier alpha value is -1.62. The van der Waals surface area contributed by atoms with Crippen molar-refractivity contribution in [3.05, 3.63) is 69.4 Å². The van der Waals surface area contributed by atoms with Gasteiger partial charge in [0.1, 0.15) is 0 Å². The van der Waals surface area contributed by atoms with Crippen molar-refractivity contribution in [1.29, 1.82) is 0 Å². The van der Waals surface area contributed by atoms with Crippen molar-refractivity contribution in [2.24, 2.45) is 0 Å². The second-order valence-electron chi connectivity index (χ2n) is 5.56. The highest BCUT2D eigenvalue weighted by Gasteiger charge is 2.18. The quantitative estimate of drug-likeness (QED) is 0.420. The Bertz CT molecular complexity index is 834. The van der Waals surface area contributed by atoms with Crippen molar-refractivity contribution in [2.75, 3.05) is 0 Å². The smallest absolute Gasteiger partial charge is 0.195 e. The van der Waals surface area contributed by atoms with Crippen LogP contribution < -0.4 is 0 Å². The number of rotatable bonds is 4. The Kier molecular flexibility index (Phi) is 4.34. The van der Waals surface area contributed by atoms with Crippen LogP contribution in [0.2, 0.25) is 0 Å². The number of fused-ring (bicyclic) bond motifs is 1. The summed E-state index contributed by atoms with van der Waals surface area (Å²) >= 11 is 2.24. The van der Waals surface area contributed by atoms with E-state index >= 15 is 0 Å². The third-order valence-corrected chi connectivity index (χ3v) is 4.81. The van der Waals surface area contributed by atoms with Gasteiger partial charge in [0.2, 0.25) is 0 Å². The Morgan fingerprint density at radius 1 is 1.18 bits per heavy atom. The van der Waals surface area contributed by atoms with Crippen LogP contribution in [0.1, 0.15) is 42.2 Å². The van der Waals surface area contributed by atoms with Crippen LogP contribution in [-0.2, 0) is 0 Å². The van der Waals surface area contributed by atoms with Crippen molar-refractivity contribution in [2.45, 2.75) is 26.3 Å². The molecule has 0 aliphatic carbocycles. The van der Waals surface area contributed by atoms with Crippen LogP contribution >= 0.6 is 22.6 Å². The molecule has 0 spiro atoms. The van der Waals surface area contributed by atoms with Crippen LogP contribution in [0.15, 0.2) is 54.7 Å². The summed E-state index contributed by atoms with van der Waals surface area (Å²) < 4.78 is 3.30. The van der Waals surface area contributed by atoms with Gasteiger partial charge in [-0.05, 0) is 54.1 Å². The first-order chi connectivity index (χ1) is 10.6. The van der Waals surface area contributed by atoms with Crippen LogP contribution in [0, 0.1) is 3.57 Å². The van der Waals surface area contributed by atoms with Gasteiger partial charge in [0, 0.05) is 37.8 Å². The largest absolute Gasteiger partial charge is 0.344 e. The summed E-state index contributed by atoms with van der Waals surface area (Å²) in [5.41, 5.74) is 2.67. The number of para-hydroxylation sites is 1. The molecule has 1 atom stereocenters. The topological polar surface area (TPSA) is 22.0 Å². The van der Waals surface area contributed by atoms with E-state index < -0.39 is 0 Å². The number of benzene rings is 2. The molecule has 0 aliphatic rings. The Labute approximate surface area is 144 Å². The molecule has 0 aliphatic heterocycles. The molecule has 3 rings (SSSR count). The highest BCUT2D eigenvalue weighted by Crippen LogP contribution is 2.28. The molecule has 0 saturated carbocycles. The summed E-state index contributed by atoms with van der Waals surface area (Å²) in [6.45, 7) is 4.35. The van der Waals surface area contributed by atoms with E-state index in [-0.39, 0.29) is 5.78 Å². The summed E-state index contributed by atoms with van der Waals surface area (Å²) in [6.07, 6.45) is 3.05. The second kappa shape index (κ2) is 6.24. The van der Waals surface area contributed by atoms with Gasteiger partial charge in [-0.1, -0.05) is 37.3 Å². The first kappa shape index (κ1) is 15.3. The average Bonchev–Trinajstić information content (AvgIpc) is 2.93. The van der Waals surface area contributed by atoms with E-state index in [0.29, 0.717) is 6.04 Å². The van der Waals surface area contributed by atoms with E-state index in [2.05, 4.69) is 47.1 Å². The Morgan fingerprint density at radius 2 is 1.95 bits per heavy atom. The second-order valence-corrected chi connectivity index (χ2v) is 6.81. The molecule has 1 unspecified atom stereocenters. The number of ketones is 1. The number of carbonyl (C=O) groups excluding carboxylic acids is 1. The predicted octanol–water partition coefficient (Wildman–Crippen LogP) is 5.45. The molecule has 0 amide bonds. The standard InChI is InChI=1S/C19H18INO/c1-3-13(2)21-12-17(16-9-4-5-10-18(16)21)19(22)14-7-6-8-15(20)11-14/h4-13H,3H2,1-2H3. The van der Waals surface area contributed by atoms with Crippen molar-refractivity contribution < 1.29 is 4.79 Å². The van der Waals surface area contributed by atoms with Crippen molar-refractivity contribution >= 4 is 39.3 Å². The van der Waals surface area contributed by atoms with E-state index in [1.165, 1.54) is 0 Å². The minimum absolute atomic E-state index is 0.0942. The molecule has 0 fully saturated rings. The third-order valence-electron chi connectivity index (χ3n) is 4.14. The number of nitrogens with zero attached hydrogens (tertiary/aromatic N) is 1. The zero-order chi connectivity index (χ0) is 15.7. The normalized spacial score (nSPS) is 12.5. The lowest BCUT2D eigenvalue weighted by Crippen LogP contribution is -2.03. The lowest BCUT2D eigenvalue weighted by Gasteiger charge is -2.12. The summed E-state index contributed by atoms with van der Waals surface area (Å²) in [6, 6.07) is 16.3. The summed E-state index contributed by atoms with van der Waals surface area (Å²) in [5.74, 6) is 0.0942. The Morgan fingerprint density at radius 3 is 2.68 bits per heavy atom. The minimum atomic E-state index is 0.0942. The molecule has 1 heterocycles. The van der Waals surface area contributed by atoms with Crippen LogP contribution in [0.25, 0.3) is 10.9 Å². The highest BCUT2D eigenvalue weighted by atomic mass is 127. The molecule has 3 aromatic rings. The van der Waals surface area contributed by atoms with Crippen LogP contribution in [-0.4, -0.2) is 10.4 Å². The van der Waals surface area contributed by atoms with Gasteiger partial charge in [-0.15, -0.1) is 0 Å². The molecule has 0 bridgehead atoms. The Balaban J connectivity index is 2.17. The van der Waals surface area contributed by atoms with Crippen LogP contribution in [0.3, 0.4) is 0 Å². The van der Waals surface area contributed by atoms with Gasteiger partial charge in [0.25, 0.3) is 0 Å². The summed E-state index contributed by atoms with van der Waals surface area (Å²) in [7, 11) is 0. The molecule has 3 heteroatoms. The van der Waals surface area contributed by atoms with E-state index in [1.807, 2.05) is 48.7 Å². The van der Waals surface area contributed by atoms with Gasteiger partial charge in [-0.3, -0.25) is 4.79 Å². The lowest BCUT2D eigenvalue weighted by molar-refractivity contribution is 0.104. The van der Waals surface area contributed by atoms with Gasteiger partial charge < -0.3 is 4.57 Å². The van der Waals surface area contributed by atoms with E-state index in [0.717, 1.165) is 32.0 Å². The van der Waals surface area contributed by atoms with Crippen LogP contribution in [0.4, 0.5) is 0 Å². The van der Waals surface area contributed by atoms with E-state index in [4.69, 9.17) is 0 Å². The maximum Gasteiger partial charge on any atom is 0.195 e. The molecule has 112 valence electrons. The van der Waals surface area contributed by atoms with Gasteiger partial charge in [-0.2, -0.15) is 0 Å². The van der Waals surface area contributed by atoms with E-state index in [9.17, 15) is 4.79 Å². The lowest BCUT2D eigenvalue weighted by atomic mass is 10.0. The molecule has 0 radical (unpaired) electrons. The van der Waals surface area contributed by atoms with Crippen molar-refractivity contribution in [1.82, 2.24) is 4.57 Å². The van der Waals surface area contributed by atoms with Gasteiger partial charge >= 0.3 is 0 Å². The molecule has 1 aromatic heterocycles. The first-order valence-electron chi connectivity index (χ1n) is 7.51. The minimum Gasteiger partial charge on any atom is -0.344 e. The van der Waals surface area contributed by atoms with Gasteiger partial charge in [0.15, 0.2) is 5.78 Å². The van der Waals surface area contributed by atoms with Gasteiger partial charge in [-0.25, -0.2) is 0 Å². The molecule has 0 saturated heterocycles. The maximum atomic E-state index is 12.9. The zero-order valence-electron chi connectivity index (χ0n) is 12.7. The summed E-state index contributed by atoms with van der Waals surface area (Å²) in [5, 5.41) is 1.03. The van der Waals surface area contributed by atoms with Gasteiger partial charge in [0.05, 0.1) is 0 Å². The fourth-order valence-electron chi connectivity index (χ4n) is 2.73. The number of aromatic nitrogens is 1. The number of halogens is 1. The number of hydrogen-bond acceptors (Lipinski definition) is 1. The first-order valence-corrected chi connectivity index (χ1v) is 8.59. The molecule has 0 N–H and O–H groups in total. The molecular formula is C19H18INO. The number of carbonyl (C=O) groups is 1. The predicted molar refractivity (Wildman–Crippen MR) is 99.5 cm³/mol. The fraction of sp³-hybridized carbons (Fsp3) is 0.211. The monoisotopic (exact) mass is 403 g/mol. The number of hydrogen-bond donors (Lipinski definition) is 0. The van der Waals surface area contributed by atoms with Crippen molar-refractivity contribution in [3.63, 3.8) is 0 Å². The maximum absolute atomic E-state index is 12.9. The average molecular weight is 403 g/mol. The van der Waals surface area contributed by atoms with Crippen molar-refractivity contribution in [3.8, 4) is 0 Å². The summed E-state index contributed by atoms with van der Waals surface area (Å²) in [4.78, 5) is 12.9. The molecule has 2 nitrogen and oxygen atoms in total. The van der Waals surface area contributed by atoms with Crippen LogP contribution in [0.5, 0.6) is 0 Å². The zero-order valence-corrected chi connectivity index (χ0v) is 14.9.